The van der Waals surface area contributed by atoms with Crippen molar-refractivity contribution in [2.75, 3.05) is 19.8 Å². The van der Waals surface area contributed by atoms with Crippen LogP contribution in [0.4, 0.5) is 0 Å². The first-order valence-electron chi connectivity index (χ1n) is 6.16. The lowest BCUT2D eigenvalue weighted by molar-refractivity contribution is 0.171. The smallest absolute Gasteiger partial charge is 0.179 e. The minimum atomic E-state index is 0.108. The van der Waals surface area contributed by atoms with E-state index in [1.807, 2.05) is 19.1 Å². The van der Waals surface area contributed by atoms with Gasteiger partial charge >= 0.3 is 0 Å². The maximum absolute atomic E-state index is 9.12. The van der Waals surface area contributed by atoms with Crippen LogP contribution >= 0.6 is 11.6 Å². The van der Waals surface area contributed by atoms with Gasteiger partial charge in [-0.15, -0.1) is 0 Å². The summed E-state index contributed by atoms with van der Waals surface area (Å²) in [5, 5.41) is 13.0. The molecule has 1 unspecified atom stereocenters. The van der Waals surface area contributed by atoms with Gasteiger partial charge in [-0.1, -0.05) is 18.5 Å². The van der Waals surface area contributed by atoms with Crippen molar-refractivity contribution in [2.24, 2.45) is 0 Å². The zero-order valence-electron chi connectivity index (χ0n) is 10.4. The van der Waals surface area contributed by atoms with Crippen LogP contribution in [-0.4, -0.2) is 31.0 Å². The molecule has 1 heterocycles. The monoisotopic (exact) mass is 271 g/mol. The largest absolute Gasteiger partial charge is 0.486 e. The lowest BCUT2D eigenvalue weighted by Gasteiger charge is -2.21. The molecule has 0 saturated heterocycles. The van der Waals surface area contributed by atoms with Gasteiger partial charge in [0.25, 0.3) is 0 Å². The SMILES string of the molecule is CCC(CO)NCc1cc(Cl)c2c(c1)OCCO2. The molecule has 0 radical (unpaired) electrons. The lowest BCUT2D eigenvalue weighted by atomic mass is 10.1. The average molecular weight is 272 g/mol. The van der Waals surface area contributed by atoms with Crippen molar-refractivity contribution in [3.8, 4) is 11.5 Å². The van der Waals surface area contributed by atoms with Crippen LogP contribution in [0.3, 0.4) is 0 Å². The van der Waals surface area contributed by atoms with E-state index >= 15 is 0 Å². The van der Waals surface area contributed by atoms with Crippen LogP contribution < -0.4 is 14.8 Å². The summed E-state index contributed by atoms with van der Waals surface area (Å²) in [5.41, 5.74) is 1.02. The number of hydrogen-bond acceptors (Lipinski definition) is 4. The molecule has 2 N–H and O–H groups in total. The third kappa shape index (κ3) is 3.07. The van der Waals surface area contributed by atoms with Gasteiger partial charge in [0.15, 0.2) is 11.5 Å². The molecule has 0 aromatic heterocycles. The molecule has 0 bridgehead atoms. The molecule has 4 nitrogen and oxygen atoms in total. The second kappa shape index (κ2) is 6.27. The third-order valence-corrected chi connectivity index (χ3v) is 3.25. The second-order valence-electron chi connectivity index (χ2n) is 4.27. The predicted molar refractivity (Wildman–Crippen MR) is 70.4 cm³/mol. The zero-order chi connectivity index (χ0) is 13.0. The van der Waals surface area contributed by atoms with Crippen LogP contribution in [0.15, 0.2) is 12.1 Å². The normalized spacial score (nSPS) is 15.5. The Morgan fingerprint density at radius 3 is 2.89 bits per heavy atom. The number of aliphatic hydroxyl groups excluding tert-OH is 1. The summed E-state index contributed by atoms with van der Waals surface area (Å²) < 4.78 is 11.0. The summed E-state index contributed by atoms with van der Waals surface area (Å²) in [6, 6.07) is 3.90. The maximum Gasteiger partial charge on any atom is 0.179 e. The van der Waals surface area contributed by atoms with Crippen LogP contribution in [0.2, 0.25) is 5.02 Å². The molecule has 0 fully saturated rings. The van der Waals surface area contributed by atoms with E-state index in [0.29, 0.717) is 36.3 Å². The molecule has 0 spiro atoms. The van der Waals surface area contributed by atoms with Crippen molar-refractivity contribution >= 4 is 11.6 Å². The highest BCUT2D eigenvalue weighted by Gasteiger charge is 2.16. The molecule has 100 valence electrons. The third-order valence-electron chi connectivity index (χ3n) is 2.96. The Morgan fingerprint density at radius 2 is 2.17 bits per heavy atom. The van der Waals surface area contributed by atoms with E-state index in [2.05, 4.69) is 5.32 Å². The Balaban J connectivity index is 2.07. The van der Waals surface area contributed by atoms with E-state index in [1.165, 1.54) is 0 Å². The molecule has 0 saturated carbocycles. The summed E-state index contributed by atoms with van der Waals surface area (Å²) in [4.78, 5) is 0. The fourth-order valence-electron chi connectivity index (χ4n) is 1.87. The van der Waals surface area contributed by atoms with Gasteiger partial charge in [0.1, 0.15) is 13.2 Å². The molecular formula is C13H18ClNO3. The van der Waals surface area contributed by atoms with E-state index in [1.54, 1.807) is 0 Å². The van der Waals surface area contributed by atoms with Crippen molar-refractivity contribution < 1.29 is 14.6 Å². The van der Waals surface area contributed by atoms with E-state index in [9.17, 15) is 0 Å². The summed E-state index contributed by atoms with van der Waals surface area (Å²) in [6.45, 7) is 3.90. The molecular weight excluding hydrogens is 254 g/mol. The van der Waals surface area contributed by atoms with Crippen LogP contribution in [0.1, 0.15) is 18.9 Å². The molecule has 1 aliphatic rings. The number of fused-ring (bicyclic) bond motifs is 1. The van der Waals surface area contributed by atoms with E-state index in [0.717, 1.165) is 12.0 Å². The molecule has 1 aliphatic heterocycles. The lowest BCUT2D eigenvalue weighted by Crippen LogP contribution is -2.31. The number of benzene rings is 1. The molecule has 1 aromatic rings. The summed E-state index contributed by atoms with van der Waals surface area (Å²) in [6.07, 6.45) is 0.884. The van der Waals surface area contributed by atoms with Gasteiger partial charge in [-0.25, -0.2) is 0 Å². The fraction of sp³-hybridized carbons (Fsp3) is 0.538. The van der Waals surface area contributed by atoms with Gasteiger partial charge in [0.2, 0.25) is 0 Å². The highest BCUT2D eigenvalue weighted by atomic mass is 35.5. The first-order valence-corrected chi connectivity index (χ1v) is 6.54. The summed E-state index contributed by atoms with van der Waals surface area (Å²) in [5.74, 6) is 1.32. The minimum absolute atomic E-state index is 0.108. The van der Waals surface area contributed by atoms with Gasteiger partial charge in [-0.05, 0) is 24.1 Å². The van der Waals surface area contributed by atoms with Crippen LogP contribution in [0.5, 0.6) is 11.5 Å². The Bertz CT molecular complexity index is 407. The molecule has 0 amide bonds. The topological polar surface area (TPSA) is 50.7 Å². The molecule has 5 heteroatoms. The number of ether oxygens (including phenoxy) is 2. The van der Waals surface area contributed by atoms with E-state index in [-0.39, 0.29) is 12.6 Å². The Kier molecular flexibility index (Phi) is 4.69. The van der Waals surface area contributed by atoms with Crippen LogP contribution in [0.25, 0.3) is 0 Å². The van der Waals surface area contributed by atoms with Crippen molar-refractivity contribution in [3.63, 3.8) is 0 Å². The predicted octanol–water partition coefficient (Wildman–Crippen LogP) is 1.97. The number of aliphatic hydroxyl groups is 1. The molecule has 2 rings (SSSR count). The summed E-state index contributed by atoms with van der Waals surface area (Å²) >= 11 is 6.15. The van der Waals surface area contributed by atoms with Crippen molar-refractivity contribution in [2.45, 2.75) is 25.9 Å². The average Bonchev–Trinajstić information content (AvgIpc) is 2.40. The van der Waals surface area contributed by atoms with Crippen LogP contribution in [-0.2, 0) is 6.54 Å². The van der Waals surface area contributed by atoms with E-state index < -0.39 is 0 Å². The standard InChI is InChI=1S/C13H18ClNO3/c1-2-10(8-16)15-7-9-5-11(14)13-12(6-9)17-3-4-18-13/h5-6,10,15-16H,2-4,7-8H2,1H3. The van der Waals surface area contributed by atoms with Crippen LogP contribution in [0, 0.1) is 0 Å². The number of rotatable bonds is 5. The summed E-state index contributed by atoms with van der Waals surface area (Å²) in [7, 11) is 0. The van der Waals surface area contributed by atoms with Gasteiger partial charge in [-0.3, -0.25) is 0 Å². The quantitative estimate of drug-likeness (QED) is 0.860. The van der Waals surface area contributed by atoms with Gasteiger partial charge < -0.3 is 19.9 Å². The zero-order valence-corrected chi connectivity index (χ0v) is 11.2. The molecule has 1 aromatic carbocycles. The second-order valence-corrected chi connectivity index (χ2v) is 4.68. The Labute approximate surface area is 112 Å². The Hall–Kier alpha value is -0.970. The van der Waals surface area contributed by atoms with Crippen molar-refractivity contribution in [1.29, 1.82) is 0 Å². The van der Waals surface area contributed by atoms with Gasteiger partial charge in [0, 0.05) is 12.6 Å². The van der Waals surface area contributed by atoms with Crippen molar-refractivity contribution in [1.82, 2.24) is 5.32 Å². The molecule has 18 heavy (non-hydrogen) atoms. The number of nitrogens with one attached hydrogen (secondary N) is 1. The maximum atomic E-state index is 9.12. The Morgan fingerprint density at radius 1 is 1.39 bits per heavy atom. The highest BCUT2D eigenvalue weighted by molar-refractivity contribution is 6.32. The van der Waals surface area contributed by atoms with Gasteiger partial charge in [0.05, 0.1) is 11.6 Å². The molecule has 0 aliphatic carbocycles. The first-order chi connectivity index (χ1) is 8.74. The highest BCUT2D eigenvalue weighted by Crippen LogP contribution is 2.38. The van der Waals surface area contributed by atoms with E-state index in [4.69, 9.17) is 26.2 Å². The van der Waals surface area contributed by atoms with Crippen molar-refractivity contribution in [3.05, 3.63) is 22.7 Å². The number of halogens is 1. The number of hydrogen-bond donors (Lipinski definition) is 2. The van der Waals surface area contributed by atoms with Gasteiger partial charge in [-0.2, -0.15) is 0 Å². The minimum Gasteiger partial charge on any atom is -0.486 e. The first kappa shape index (κ1) is 13.5. The fourth-order valence-corrected chi connectivity index (χ4v) is 2.15. The molecule has 1 atom stereocenters.